The van der Waals surface area contributed by atoms with Gasteiger partial charge in [0.1, 0.15) is 0 Å². The first-order valence-corrected chi connectivity index (χ1v) is 4.66. The quantitative estimate of drug-likeness (QED) is 0.287. The summed E-state index contributed by atoms with van der Waals surface area (Å²) in [5, 5.41) is 22.6. The first-order valence-electron chi connectivity index (χ1n) is 4.66. The van der Waals surface area contributed by atoms with Gasteiger partial charge in [-0.2, -0.15) is 0 Å². The van der Waals surface area contributed by atoms with Gasteiger partial charge in [0.05, 0.1) is 6.73 Å². The Morgan fingerprint density at radius 3 is 2.64 bits per heavy atom. The monoisotopic (exact) mass is 205 g/mol. The molecule has 0 radical (unpaired) electrons. The summed E-state index contributed by atoms with van der Waals surface area (Å²) < 4.78 is 0. The van der Waals surface area contributed by atoms with Crippen molar-refractivity contribution in [1.29, 1.82) is 0 Å². The van der Waals surface area contributed by atoms with E-state index in [0.717, 1.165) is 0 Å². The van der Waals surface area contributed by atoms with E-state index in [9.17, 15) is 4.79 Å². The van der Waals surface area contributed by atoms with Crippen molar-refractivity contribution in [3.05, 3.63) is 0 Å². The average Bonchev–Trinajstić information content (AvgIpc) is 2.15. The van der Waals surface area contributed by atoms with Crippen LogP contribution in [0.1, 0.15) is 12.8 Å². The summed E-state index contributed by atoms with van der Waals surface area (Å²) in [6, 6.07) is -0.192. The number of carbonyl (C=O) groups is 1. The maximum atomic E-state index is 11.2. The molecule has 0 aliphatic heterocycles. The summed E-state index contributed by atoms with van der Waals surface area (Å²) >= 11 is 0. The third-order valence-electron chi connectivity index (χ3n) is 1.76. The van der Waals surface area contributed by atoms with E-state index < -0.39 is 0 Å². The van der Waals surface area contributed by atoms with Crippen LogP contribution in [0.5, 0.6) is 0 Å². The molecule has 1 amide bonds. The Morgan fingerprint density at radius 2 is 2.14 bits per heavy atom. The number of hydrogen-bond donors (Lipinski definition) is 5. The fourth-order valence-corrected chi connectivity index (χ4v) is 1.07. The Labute approximate surface area is 83.5 Å². The Balaban J connectivity index is 3.71. The molecule has 84 valence electrons. The summed E-state index contributed by atoms with van der Waals surface area (Å²) in [5.74, 6) is -0.130. The number of aliphatic hydroxyl groups excluding tert-OH is 2. The van der Waals surface area contributed by atoms with Crippen molar-refractivity contribution in [3.63, 3.8) is 0 Å². The molecule has 0 saturated carbocycles. The number of hydrogen-bond acceptors (Lipinski definition) is 5. The third-order valence-corrected chi connectivity index (χ3v) is 1.76. The average molecular weight is 205 g/mol. The zero-order valence-electron chi connectivity index (χ0n) is 8.20. The third kappa shape index (κ3) is 6.79. The lowest BCUT2D eigenvalue weighted by atomic mass is 10.1. The normalized spacial score (nSPS) is 12.5. The molecule has 6 N–H and O–H groups in total. The lowest BCUT2D eigenvalue weighted by Gasteiger charge is -2.15. The van der Waals surface area contributed by atoms with Crippen LogP contribution in [0.2, 0.25) is 0 Å². The number of nitrogens with one attached hydrogen (secondary N) is 2. The molecule has 0 aromatic rings. The van der Waals surface area contributed by atoms with Crippen LogP contribution in [0, 0.1) is 0 Å². The molecule has 6 nitrogen and oxygen atoms in total. The number of rotatable bonds is 8. The molecule has 0 aromatic heterocycles. The molecule has 0 aromatic carbocycles. The van der Waals surface area contributed by atoms with Gasteiger partial charge in [-0.15, -0.1) is 0 Å². The summed E-state index contributed by atoms with van der Waals surface area (Å²) in [7, 11) is 0. The minimum atomic E-state index is -0.200. The minimum Gasteiger partial charge on any atom is -0.396 e. The molecule has 1 atom stereocenters. The number of amides is 1. The summed E-state index contributed by atoms with van der Waals surface area (Å²) in [5.41, 5.74) is 5.21. The predicted octanol–water partition coefficient (Wildman–Crippen LogP) is -2.26. The van der Waals surface area contributed by atoms with Crippen LogP contribution < -0.4 is 16.4 Å². The minimum absolute atomic E-state index is 0.0121. The van der Waals surface area contributed by atoms with Gasteiger partial charge >= 0.3 is 0 Å². The van der Waals surface area contributed by atoms with Crippen LogP contribution in [0.3, 0.4) is 0 Å². The van der Waals surface area contributed by atoms with E-state index in [2.05, 4.69) is 10.6 Å². The molecule has 0 fully saturated rings. The first-order chi connectivity index (χ1) is 6.74. The number of aliphatic hydroxyl groups is 2. The zero-order valence-corrected chi connectivity index (χ0v) is 8.20. The van der Waals surface area contributed by atoms with Crippen molar-refractivity contribution in [2.45, 2.75) is 18.9 Å². The topological polar surface area (TPSA) is 108 Å². The molecule has 0 spiro atoms. The van der Waals surface area contributed by atoms with E-state index in [0.29, 0.717) is 19.5 Å². The van der Waals surface area contributed by atoms with Crippen LogP contribution in [-0.4, -0.2) is 48.6 Å². The van der Waals surface area contributed by atoms with Gasteiger partial charge in [-0.3, -0.25) is 10.1 Å². The molecule has 6 heteroatoms. The Kier molecular flexibility index (Phi) is 8.45. The first kappa shape index (κ1) is 13.3. The second kappa shape index (κ2) is 8.89. The van der Waals surface area contributed by atoms with Crippen LogP contribution in [0.4, 0.5) is 0 Å². The van der Waals surface area contributed by atoms with E-state index >= 15 is 0 Å². The van der Waals surface area contributed by atoms with E-state index in [1.165, 1.54) is 0 Å². The Morgan fingerprint density at radius 1 is 1.43 bits per heavy atom. The van der Waals surface area contributed by atoms with Gasteiger partial charge in [0.2, 0.25) is 5.91 Å². The van der Waals surface area contributed by atoms with Gasteiger partial charge in [0, 0.05) is 32.2 Å². The standard InChI is InChI=1S/C8H19N3O3/c9-2-3-10-8(14)5-7(1-4-12)11-6-13/h7,11-13H,1-6,9H2,(H,10,14). The fraction of sp³-hybridized carbons (Fsp3) is 0.875. The van der Waals surface area contributed by atoms with Gasteiger partial charge < -0.3 is 21.3 Å². The Bertz CT molecular complexity index is 149. The molecule has 0 saturated heterocycles. The maximum absolute atomic E-state index is 11.2. The van der Waals surface area contributed by atoms with Crippen LogP contribution in [-0.2, 0) is 4.79 Å². The molecule has 0 bridgehead atoms. The van der Waals surface area contributed by atoms with E-state index in [4.69, 9.17) is 15.9 Å². The van der Waals surface area contributed by atoms with Crippen molar-refractivity contribution in [1.82, 2.24) is 10.6 Å². The molecular weight excluding hydrogens is 186 g/mol. The molecule has 1 unspecified atom stereocenters. The molecule has 0 heterocycles. The van der Waals surface area contributed by atoms with Crippen molar-refractivity contribution in [2.75, 3.05) is 26.4 Å². The molecule has 14 heavy (non-hydrogen) atoms. The Hall–Kier alpha value is -0.690. The highest BCUT2D eigenvalue weighted by molar-refractivity contribution is 5.76. The van der Waals surface area contributed by atoms with Crippen LogP contribution in [0.15, 0.2) is 0 Å². The van der Waals surface area contributed by atoms with Gasteiger partial charge in [0.25, 0.3) is 0 Å². The summed E-state index contributed by atoms with van der Waals surface area (Å²) in [4.78, 5) is 11.2. The number of carbonyl (C=O) groups excluding carboxylic acids is 1. The lowest BCUT2D eigenvalue weighted by molar-refractivity contribution is -0.121. The summed E-state index contributed by atoms with van der Waals surface area (Å²) in [6.45, 7) is 0.643. The van der Waals surface area contributed by atoms with Crippen molar-refractivity contribution in [3.8, 4) is 0 Å². The molecule has 0 aliphatic rings. The van der Waals surface area contributed by atoms with Gasteiger partial charge in [0.15, 0.2) is 0 Å². The van der Waals surface area contributed by atoms with E-state index in [1.807, 2.05) is 0 Å². The SMILES string of the molecule is NCCNC(=O)CC(CCO)NCO. The molecular formula is C8H19N3O3. The van der Waals surface area contributed by atoms with Crippen molar-refractivity contribution in [2.24, 2.45) is 5.73 Å². The molecule has 0 aliphatic carbocycles. The maximum Gasteiger partial charge on any atom is 0.221 e. The molecule has 0 rings (SSSR count). The van der Waals surface area contributed by atoms with E-state index in [1.54, 1.807) is 0 Å². The second-order valence-corrected chi connectivity index (χ2v) is 2.91. The number of nitrogens with two attached hydrogens (primary N) is 1. The highest BCUT2D eigenvalue weighted by Crippen LogP contribution is 1.96. The van der Waals surface area contributed by atoms with Crippen LogP contribution >= 0.6 is 0 Å². The second-order valence-electron chi connectivity index (χ2n) is 2.91. The largest absolute Gasteiger partial charge is 0.396 e. The van der Waals surface area contributed by atoms with Crippen molar-refractivity contribution < 1.29 is 15.0 Å². The smallest absolute Gasteiger partial charge is 0.221 e. The summed E-state index contributed by atoms with van der Waals surface area (Å²) in [6.07, 6.45) is 0.678. The predicted molar refractivity (Wildman–Crippen MR) is 52.4 cm³/mol. The van der Waals surface area contributed by atoms with E-state index in [-0.39, 0.29) is 31.7 Å². The van der Waals surface area contributed by atoms with Gasteiger partial charge in [-0.1, -0.05) is 0 Å². The van der Waals surface area contributed by atoms with Crippen LogP contribution in [0.25, 0.3) is 0 Å². The zero-order chi connectivity index (χ0) is 10.8. The highest BCUT2D eigenvalue weighted by Gasteiger charge is 2.11. The highest BCUT2D eigenvalue weighted by atomic mass is 16.3. The fourth-order valence-electron chi connectivity index (χ4n) is 1.07. The van der Waals surface area contributed by atoms with Gasteiger partial charge in [-0.05, 0) is 6.42 Å². The van der Waals surface area contributed by atoms with Crippen molar-refractivity contribution >= 4 is 5.91 Å². The van der Waals surface area contributed by atoms with Gasteiger partial charge in [-0.25, -0.2) is 0 Å². The lowest BCUT2D eigenvalue weighted by Crippen LogP contribution is -2.38.